The summed E-state index contributed by atoms with van der Waals surface area (Å²) in [7, 11) is 0. The van der Waals surface area contributed by atoms with E-state index in [9.17, 15) is 4.79 Å². The van der Waals surface area contributed by atoms with Gasteiger partial charge in [-0.3, -0.25) is 4.79 Å². The molecule has 2 rings (SSSR count). The van der Waals surface area contributed by atoms with Crippen LogP contribution >= 0.6 is 23.2 Å². The maximum atomic E-state index is 11.8. The van der Waals surface area contributed by atoms with Gasteiger partial charge >= 0.3 is 0 Å². The molecular formula is C12H14Cl2N2O2. The summed E-state index contributed by atoms with van der Waals surface area (Å²) in [5.41, 5.74) is 6.11. The lowest BCUT2D eigenvalue weighted by Crippen LogP contribution is -2.32. The van der Waals surface area contributed by atoms with Gasteiger partial charge in [-0.1, -0.05) is 23.2 Å². The van der Waals surface area contributed by atoms with Gasteiger partial charge in [-0.15, -0.1) is 0 Å². The Balaban J connectivity index is 1.97. The van der Waals surface area contributed by atoms with Crippen molar-refractivity contribution >= 4 is 34.8 Å². The molecule has 1 heterocycles. The van der Waals surface area contributed by atoms with Crippen LogP contribution in [0, 0.1) is 0 Å². The zero-order chi connectivity index (χ0) is 13.1. The SMILES string of the molecule is Nc1cc(Cl)c(Cl)cc1OCC(=O)N1CCCC1. The van der Waals surface area contributed by atoms with E-state index >= 15 is 0 Å². The molecule has 0 aliphatic carbocycles. The minimum atomic E-state index is -0.0297. The predicted molar refractivity (Wildman–Crippen MR) is 72.2 cm³/mol. The fraction of sp³-hybridized carbons (Fsp3) is 0.417. The van der Waals surface area contributed by atoms with Crippen molar-refractivity contribution < 1.29 is 9.53 Å². The molecule has 1 saturated heterocycles. The van der Waals surface area contributed by atoms with Gasteiger partial charge in [-0.05, 0) is 18.9 Å². The van der Waals surface area contributed by atoms with E-state index in [1.54, 1.807) is 4.90 Å². The number of anilines is 1. The smallest absolute Gasteiger partial charge is 0.260 e. The summed E-state index contributed by atoms with van der Waals surface area (Å²) in [6.07, 6.45) is 2.11. The molecule has 0 saturated carbocycles. The van der Waals surface area contributed by atoms with Crippen LogP contribution in [0.3, 0.4) is 0 Å². The van der Waals surface area contributed by atoms with Crippen molar-refractivity contribution in [1.82, 2.24) is 4.90 Å². The Morgan fingerprint density at radius 3 is 2.56 bits per heavy atom. The molecule has 6 heteroatoms. The Kier molecular flexibility index (Phi) is 4.19. The molecule has 0 atom stereocenters. The Hall–Kier alpha value is -1.13. The zero-order valence-electron chi connectivity index (χ0n) is 9.79. The van der Waals surface area contributed by atoms with E-state index in [-0.39, 0.29) is 12.5 Å². The lowest BCUT2D eigenvalue weighted by atomic mass is 10.3. The average molecular weight is 289 g/mol. The first-order valence-electron chi connectivity index (χ1n) is 5.73. The van der Waals surface area contributed by atoms with Crippen LogP contribution in [0.5, 0.6) is 5.75 Å². The van der Waals surface area contributed by atoms with Crippen molar-refractivity contribution in [2.45, 2.75) is 12.8 Å². The van der Waals surface area contributed by atoms with E-state index < -0.39 is 0 Å². The van der Waals surface area contributed by atoms with Crippen LogP contribution in [-0.2, 0) is 4.79 Å². The minimum Gasteiger partial charge on any atom is -0.482 e. The molecule has 18 heavy (non-hydrogen) atoms. The maximum absolute atomic E-state index is 11.8. The van der Waals surface area contributed by atoms with Crippen molar-refractivity contribution in [3.05, 3.63) is 22.2 Å². The predicted octanol–water partition coefficient (Wildman–Crippen LogP) is 2.58. The van der Waals surface area contributed by atoms with Crippen LogP contribution in [0.15, 0.2) is 12.1 Å². The van der Waals surface area contributed by atoms with Crippen LogP contribution in [0.2, 0.25) is 10.0 Å². The monoisotopic (exact) mass is 288 g/mol. The average Bonchev–Trinajstić information content (AvgIpc) is 2.85. The summed E-state index contributed by atoms with van der Waals surface area (Å²) >= 11 is 11.7. The topological polar surface area (TPSA) is 55.6 Å². The molecule has 0 spiro atoms. The van der Waals surface area contributed by atoms with Gasteiger partial charge in [0.2, 0.25) is 0 Å². The van der Waals surface area contributed by atoms with E-state index in [1.807, 2.05) is 0 Å². The number of carbonyl (C=O) groups excluding carboxylic acids is 1. The first-order valence-corrected chi connectivity index (χ1v) is 6.48. The summed E-state index contributed by atoms with van der Waals surface area (Å²) in [4.78, 5) is 13.6. The Labute approximate surface area is 116 Å². The van der Waals surface area contributed by atoms with Crippen LogP contribution in [0.25, 0.3) is 0 Å². The van der Waals surface area contributed by atoms with Gasteiger partial charge in [0.1, 0.15) is 5.75 Å². The summed E-state index contributed by atoms with van der Waals surface area (Å²) in [6, 6.07) is 3.04. The molecule has 98 valence electrons. The lowest BCUT2D eigenvalue weighted by molar-refractivity contribution is -0.132. The van der Waals surface area contributed by atoms with Crippen LogP contribution in [0.1, 0.15) is 12.8 Å². The number of amides is 1. The molecule has 1 aromatic rings. The normalized spacial score (nSPS) is 14.9. The van der Waals surface area contributed by atoms with E-state index in [2.05, 4.69) is 0 Å². The van der Waals surface area contributed by atoms with Crippen molar-refractivity contribution in [3.8, 4) is 5.75 Å². The molecule has 0 bridgehead atoms. The van der Waals surface area contributed by atoms with E-state index in [0.717, 1.165) is 25.9 Å². The number of hydrogen-bond acceptors (Lipinski definition) is 3. The van der Waals surface area contributed by atoms with Crippen LogP contribution < -0.4 is 10.5 Å². The zero-order valence-corrected chi connectivity index (χ0v) is 11.3. The first-order chi connectivity index (χ1) is 8.58. The fourth-order valence-electron chi connectivity index (χ4n) is 1.87. The number of benzene rings is 1. The number of ether oxygens (including phenoxy) is 1. The number of hydrogen-bond donors (Lipinski definition) is 1. The number of rotatable bonds is 3. The largest absolute Gasteiger partial charge is 0.482 e. The molecule has 0 unspecified atom stereocenters. The fourth-order valence-corrected chi connectivity index (χ4v) is 2.19. The summed E-state index contributed by atoms with van der Waals surface area (Å²) < 4.78 is 5.39. The maximum Gasteiger partial charge on any atom is 0.260 e. The molecular weight excluding hydrogens is 275 g/mol. The van der Waals surface area contributed by atoms with Crippen LogP contribution in [-0.4, -0.2) is 30.5 Å². The second-order valence-corrected chi connectivity index (χ2v) is 5.00. The molecule has 1 aromatic carbocycles. The first kappa shape index (κ1) is 13.3. The van der Waals surface area contributed by atoms with Crippen LogP contribution in [0.4, 0.5) is 5.69 Å². The Morgan fingerprint density at radius 1 is 1.28 bits per heavy atom. The van der Waals surface area contributed by atoms with Gasteiger partial charge in [0.15, 0.2) is 6.61 Å². The third-order valence-electron chi connectivity index (χ3n) is 2.86. The highest BCUT2D eigenvalue weighted by atomic mass is 35.5. The number of likely N-dealkylation sites (tertiary alicyclic amines) is 1. The molecule has 0 aromatic heterocycles. The summed E-state index contributed by atoms with van der Waals surface area (Å²) in [5.74, 6) is 0.356. The number of carbonyl (C=O) groups is 1. The molecule has 4 nitrogen and oxygen atoms in total. The molecule has 1 amide bonds. The number of nitrogens with two attached hydrogens (primary N) is 1. The highest BCUT2D eigenvalue weighted by molar-refractivity contribution is 6.42. The molecule has 2 N–H and O–H groups in total. The van der Waals surface area contributed by atoms with E-state index in [1.165, 1.54) is 12.1 Å². The highest BCUT2D eigenvalue weighted by Crippen LogP contribution is 2.32. The second kappa shape index (κ2) is 5.67. The highest BCUT2D eigenvalue weighted by Gasteiger charge is 2.18. The number of nitrogen functional groups attached to an aromatic ring is 1. The molecule has 1 aliphatic rings. The summed E-state index contributed by atoms with van der Waals surface area (Å²) in [5, 5.41) is 0.724. The van der Waals surface area contributed by atoms with Crippen molar-refractivity contribution in [2.24, 2.45) is 0 Å². The minimum absolute atomic E-state index is 0.0256. The molecule has 1 fully saturated rings. The second-order valence-electron chi connectivity index (χ2n) is 4.18. The molecule has 1 aliphatic heterocycles. The van der Waals surface area contributed by atoms with Crippen molar-refractivity contribution in [2.75, 3.05) is 25.4 Å². The van der Waals surface area contributed by atoms with E-state index in [4.69, 9.17) is 33.7 Å². The number of halogens is 2. The standard InChI is InChI=1S/C12H14Cl2N2O2/c13-8-5-10(15)11(6-9(8)14)18-7-12(17)16-3-1-2-4-16/h5-6H,1-4,7,15H2. The van der Waals surface area contributed by atoms with Gasteiger partial charge in [0.05, 0.1) is 15.7 Å². The third kappa shape index (κ3) is 3.00. The van der Waals surface area contributed by atoms with Gasteiger partial charge in [-0.25, -0.2) is 0 Å². The van der Waals surface area contributed by atoms with Crippen molar-refractivity contribution in [1.29, 1.82) is 0 Å². The lowest BCUT2D eigenvalue weighted by Gasteiger charge is -2.16. The third-order valence-corrected chi connectivity index (χ3v) is 3.58. The summed E-state index contributed by atoms with van der Waals surface area (Å²) in [6.45, 7) is 1.58. The van der Waals surface area contributed by atoms with Gasteiger partial charge < -0.3 is 15.4 Å². The van der Waals surface area contributed by atoms with Gasteiger partial charge in [-0.2, -0.15) is 0 Å². The quantitative estimate of drug-likeness (QED) is 0.870. The van der Waals surface area contributed by atoms with Gasteiger partial charge in [0, 0.05) is 19.2 Å². The Morgan fingerprint density at radius 2 is 1.89 bits per heavy atom. The Bertz CT molecular complexity index is 460. The van der Waals surface area contributed by atoms with Gasteiger partial charge in [0.25, 0.3) is 5.91 Å². The van der Waals surface area contributed by atoms with E-state index in [0.29, 0.717) is 21.5 Å². The number of nitrogens with zero attached hydrogens (tertiary/aromatic N) is 1. The molecule has 0 radical (unpaired) electrons. The van der Waals surface area contributed by atoms with Crippen molar-refractivity contribution in [3.63, 3.8) is 0 Å².